The molecule has 0 saturated carbocycles. The van der Waals surface area contributed by atoms with Crippen LogP contribution in [0.25, 0.3) is 0 Å². The maximum atomic E-state index is 12.8. The van der Waals surface area contributed by atoms with E-state index in [0.29, 0.717) is 5.56 Å². The first-order chi connectivity index (χ1) is 7.97. The molecule has 1 rings (SSSR count). The maximum absolute atomic E-state index is 12.8. The zero-order valence-electron chi connectivity index (χ0n) is 9.57. The van der Waals surface area contributed by atoms with E-state index in [0.717, 1.165) is 12.1 Å². The number of aryl methyl sites for hydroxylation is 1. The quantitative estimate of drug-likeness (QED) is 0.614. The molecule has 0 aliphatic heterocycles. The fraction of sp³-hybridized carbons (Fsp3) is 0.400. The molecule has 0 aliphatic rings. The summed E-state index contributed by atoms with van der Waals surface area (Å²) in [5, 5.41) is 0. The standard InChI is InChI=1S/C10H14FNO4S/c1-8-7-9(11)3-4-10(8)17(13,14)12-16-6-5-15-2/h3-4,7,12H,5-6H2,1-2H3. The zero-order valence-corrected chi connectivity index (χ0v) is 10.4. The molecular weight excluding hydrogens is 249 g/mol. The topological polar surface area (TPSA) is 64.6 Å². The largest absolute Gasteiger partial charge is 0.382 e. The van der Waals surface area contributed by atoms with Crippen molar-refractivity contribution in [2.75, 3.05) is 20.3 Å². The van der Waals surface area contributed by atoms with Crippen molar-refractivity contribution in [3.8, 4) is 0 Å². The SMILES string of the molecule is COCCONS(=O)(=O)c1ccc(F)cc1C. The van der Waals surface area contributed by atoms with Gasteiger partial charge in [0, 0.05) is 7.11 Å². The van der Waals surface area contributed by atoms with Gasteiger partial charge in [0.15, 0.2) is 0 Å². The number of halogens is 1. The second kappa shape index (κ2) is 6.06. The van der Waals surface area contributed by atoms with Crippen LogP contribution in [0.4, 0.5) is 4.39 Å². The lowest BCUT2D eigenvalue weighted by molar-refractivity contribution is 0.0438. The molecule has 0 spiro atoms. The minimum absolute atomic E-state index is 0.0173. The minimum atomic E-state index is -3.78. The Morgan fingerprint density at radius 1 is 1.35 bits per heavy atom. The molecule has 5 nitrogen and oxygen atoms in total. The van der Waals surface area contributed by atoms with Crippen LogP contribution in [0.15, 0.2) is 23.1 Å². The number of sulfonamides is 1. The fourth-order valence-corrected chi connectivity index (χ4v) is 2.26. The third kappa shape index (κ3) is 4.04. The highest BCUT2D eigenvalue weighted by Gasteiger charge is 2.17. The minimum Gasteiger partial charge on any atom is -0.382 e. The second-order valence-corrected chi connectivity index (χ2v) is 4.95. The van der Waals surface area contributed by atoms with Gasteiger partial charge in [0.2, 0.25) is 0 Å². The summed E-state index contributed by atoms with van der Waals surface area (Å²) in [5.74, 6) is -0.484. The first-order valence-corrected chi connectivity index (χ1v) is 6.34. The van der Waals surface area contributed by atoms with E-state index in [1.807, 2.05) is 4.89 Å². The Hall–Kier alpha value is -1.02. The van der Waals surface area contributed by atoms with Crippen molar-refractivity contribution >= 4 is 10.0 Å². The van der Waals surface area contributed by atoms with Gasteiger partial charge in [-0.05, 0) is 30.7 Å². The second-order valence-electron chi connectivity index (χ2n) is 3.34. The van der Waals surface area contributed by atoms with Crippen LogP contribution in [0.1, 0.15) is 5.56 Å². The average Bonchev–Trinajstić information content (AvgIpc) is 2.24. The predicted molar refractivity (Wildman–Crippen MR) is 59.3 cm³/mol. The Labute approximate surface area is 99.5 Å². The number of hydrogen-bond acceptors (Lipinski definition) is 4. The molecule has 0 atom stereocenters. The molecule has 0 amide bonds. The van der Waals surface area contributed by atoms with Gasteiger partial charge in [0.05, 0.1) is 18.1 Å². The number of nitrogens with one attached hydrogen (secondary N) is 1. The van der Waals surface area contributed by atoms with Gasteiger partial charge in [0.1, 0.15) is 5.82 Å². The van der Waals surface area contributed by atoms with Gasteiger partial charge in [-0.1, -0.05) is 4.89 Å². The molecule has 0 radical (unpaired) electrons. The molecule has 1 aromatic carbocycles. The van der Waals surface area contributed by atoms with Crippen molar-refractivity contribution in [3.63, 3.8) is 0 Å². The van der Waals surface area contributed by atoms with Crippen LogP contribution in [-0.2, 0) is 19.6 Å². The average molecular weight is 263 g/mol. The van der Waals surface area contributed by atoms with Gasteiger partial charge < -0.3 is 4.74 Å². The normalized spacial score (nSPS) is 11.7. The lowest BCUT2D eigenvalue weighted by Gasteiger charge is -2.09. The van der Waals surface area contributed by atoms with Gasteiger partial charge >= 0.3 is 0 Å². The molecule has 0 fully saturated rings. The number of benzene rings is 1. The van der Waals surface area contributed by atoms with Crippen LogP contribution in [0.2, 0.25) is 0 Å². The molecule has 0 aromatic heterocycles. The van der Waals surface area contributed by atoms with Crippen LogP contribution in [0, 0.1) is 12.7 Å². The van der Waals surface area contributed by atoms with Gasteiger partial charge in [-0.15, -0.1) is 0 Å². The Balaban J connectivity index is 2.76. The third-order valence-corrected chi connectivity index (χ3v) is 3.36. The van der Waals surface area contributed by atoms with E-state index in [4.69, 9.17) is 9.57 Å². The monoisotopic (exact) mass is 263 g/mol. The van der Waals surface area contributed by atoms with E-state index in [9.17, 15) is 12.8 Å². The van der Waals surface area contributed by atoms with Crippen molar-refractivity contribution in [2.45, 2.75) is 11.8 Å². The van der Waals surface area contributed by atoms with Crippen molar-refractivity contribution in [1.82, 2.24) is 4.89 Å². The molecule has 0 unspecified atom stereocenters. The Morgan fingerprint density at radius 3 is 2.65 bits per heavy atom. The molecule has 1 aromatic rings. The first-order valence-electron chi connectivity index (χ1n) is 4.86. The first kappa shape index (κ1) is 14.0. The highest BCUT2D eigenvalue weighted by Crippen LogP contribution is 2.15. The summed E-state index contributed by atoms with van der Waals surface area (Å²) in [7, 11) is -2.31. The summed E-state index contributed by atoms with van der Waals surface area (Å²) in [6.45, 7) is 1.87. The van der Waals surface area contributed by atoms with E-state index in [-0.39, 0.29) is 18.1 Å². The molecule has 17 heavy (non-hydrogen) atoms. The van der Waals surface area contributed by atoms with E-state index in [2.05, 4.69) is 0 Å². The maximum Gasteiger partial charge on any atom is 0.262 e. The highest BCUT2D eigenvalue weighted by atomic mass is 32.2. The van der Waals surface area contributed by atoms with Crippen molar-refractivity contribution < 1.29 is 22.4 Å². The van der Waals surface area contributed by atoms with Crippen LogP contribution in [-0.4, -0.2) is 28.7 Å². The Morgan fingerprint density at radius 2 is 2.06 bits per heavy atom. The van der Waals surface area contributed by atoms with Crippen molar-refractivity contribution in [1.29, 1.82) is 0 Å². The number of ether oxygens (including phenoxy) is 1. The van der Waals surface area contributed by atoms with E-state index in [1.54, 1.807) is 0 Å². The molecule has 0 heterocycles. The molecule has 0 bridgehead atoms. The molecule has 0 saturated heterocycles. The van der Waals surface area contributed by atoms with Crippen LogP contribution < -0.4 is 4.89 Å². The van der Waals surface area contributed by atoms with E-state index < -0.39 is 15.8 Å². The van der Waals surface area contributed by atoms with E-state index in [1.165, 1.54) is 20.1 Å². The fourth-order valence-electron chi connectivity index (χ4n) is 1.20. The lowest BCUT2D eigenvalue weighted by atomic mass is 10.2. The van der Waals surface area contributed by atoms with Crippen LogP contribution >= 0.6 is 0 Å². The molecule has 0 aliphatic carbocycles. The summed E-state index contributed by atoms with van der Waals surface area (Å²) in [6, 6.07) is 3.41. The summed E-state index contributed by atoms with van der Waals surface area (Å²) < 4.78 is 41.0. The molecule has 96 valence electrons. The summed E-state index contributed by atoms with van der Waals surface area (Å²) in [5.41, 5.74) is 0.313. The summed E-state index contributed by atoms with van der Waals surface area (Å²) in [6.07, 6.45) is 0. The number of rotatable bonds is 6. The zero-order chi connectivity index (χ0) is 12.9. The van der Waals surface area contributed by atoms with Gasteiger partial charge in [-0.2, -0.15) is 0 Å². The predicted octanol–water partition coefficient (Wildman–Crippen LogP) is 0.990. The molecular formula is C10H14FNO4S. The van der Waals surface area contributed by atoms with Crippen molar-refractivity contribution in [2.24, 2.45) is 0 Å². The van der Waals surface area contributed by atoms with E-state index >= 15 is 0 Å². The summed E-state index contributed by atoms with van der Waals surface area (Å²) >= 11 is 0. The molecule has 7 heteroatoms. The van der Waals surface area contributed by atoms with Gasteiger partial charge in [-0.25, -0.2) is 12.8 Å². The number of hydrogen-bond donors (Lipinski definition) is 1. The Bertz CT molecular complexity index is 475. The van der Waals surface area contributed by atoms with Crippen LogP contribution in [0.3, 0.4) is 0 Å². The lowest BCUT2D eigenvalue weighted by Crippen LogP contribution is -2.26. The van der Waals surface area contributed by atoms with Gasteiger partial charge in [0.25, 0.3) is 10.0 Å². The Kier molecular flexibility index (Phi) is 5.01. The summed E-state index contributed by atoms with van der Waals surface area (Å²) in [4.78, 5) is 6.64. The number of methoxy groups -OCH3 is 1. The third-order valence-electron chi connectivity index (χ3n) is 1.98. The van der Waals surface area contributed by atoms with Gasteiger partial charge in [-0.3, -0.25) is 4.84 Å². The smallest absolute Gasteiger partial charge is 0.262 e. The molecule has 1 N–H and O–H groups in total. The van der Waals surface area contributed by atoms with Crippen LogP contribution in [0.5, 0.6) is 0 Å². The van der Waals surface area contributed by atoms with Crippen molar-refractivity contribution in [3.05, 3.63) is 29.6 Å². The highest BCUT2D eigenvalue weighted by molar-refractivity contribution is 7.89.